The van der Waals surface area contributed by atoms with Crippen molar-refractivity contribution in [2.75, 3.05) is 7.05 Å². The van der Waals surface area contributed by atoms with Crippen LogP contribution in [0.15, 0.2) is 35.7 Å². The number of carbonyl (C=O) groups is 1. The monoisotopic (exact) mass is 421 g/mol. The molecule has 0 unspecified atom stereocenters. The van der Waals surface area contributed by atoms with Crippen molar-refractivity contribution in [1.82, 2.24) is 14.5 Å². The minimum absolute atomic E-state index is 0.00385. The van der Waals surface area contributed by atoms with Crippen molar-refractivity contribution in [3.05, 3.63) is 58.2 Å². The molecule has 1 aliphatic heterocycles. The quantitative estimate of drug-likeness (QED) is 0.536. The zero-order valence-corrected chi connectivity index (χ0v) is 19.6. The summed E-state index contributed by atoms with van der Waals surface area (Å²) in [5.74, 6) is 1.48. The lowest BCUT2D eigenvalue weighted by atomic mass is 9.95. The molecule has 0 saturated heterocycles. The van der Waals surface area contributed by atoms with Gasteiger partial charge in [-0.05, 0) is 74.6 Å². The zero-order chi connectivity index (χ0) is 21.6. The Morgan fingerprint density at radius 3 is 2.63 bits per heavy atom. The number of hydrogen-bond donors (Lipinski definition) is 0. The van der Waals surface area contributed by atoms with Gasteiger partial charge in [0.25, 0.3) is 5.91 Å². The smallest absolute Gasteiger partial charge is 0.274 e. The van der Waals surface area contributed by atoms with Crippen molar-refractivity contribution >= 4 is 17.2 Å². The SMILES string of the molecule is CC(C)Cc1ccc2c(c1)-n1c(-c3cccs3)nc(C(=O)N(C)C(C)(C)C)c1CC2. The highest BCUT2D eigenvalue weighted by Crippen LogP contribution is 2.36. The Kier molecular flexibility index (Phi) is 5.35. The van der Waals surface area contributed by atoms with Gasteiger partial charge < -0.3 is 4.90 Å². The molecule has 4 nitrogen and oxygen atoms in total. The molecule has 2 aromatic heterocycles. The average Bonchev–Trinajstić information content (AvgIpc) is 3.33. The van der Waals surface area contributed by atoms with Gasteiger partial charge in [-0.15, -0.1) is 11.3 Å². The van der Waals surface area contributed by atoms with E-state index in [4.69, 9.17) is 4.98 Å². The summed E-state index contributed by atoms with van der Waals surface area (Å²) in [4.78, 5) is 21.3. The molecular formula is C25H31N3OS. The summed E-state index contributed by atoms with van der Waals surface area (Å²) in [6.45, 7) is 10.7. The number of imidazole rings is 1. The molecule has 0 N–H and O–H groups in total. The van der Waals surface area contributed by atoms with Crippen LogP contribution in [0.5, 0.6) is 0 Å². The van der Waals surface area contributed by atoms with E-state index in [1.54, 1.807) is 16.2 Å². The molecule has 0 bridgehead atoms. The van der Waals surface area contributed by atoms with Gasteiger partial charge in [0.15, 0.2) is 11.5 Å². The van der Waals surface area contributed by atoms with Gasteiger partial charge in [0.05, 0.1) is 16.3 Å². The highest BCUT2D eigenvalue weighted by molar-refractivity contribution is 7.13. The highest BCUT2D eigenvalue weighted by atomic mass is 32.1. The van der Waals surface area contributed by atoms with Gasteiger partial charge in [0.1, 0.15) is 0 Å². The van der Waals surface area contributed by atoms with E-state index in [1.165, 1.54) is 16.8 Å². The van der Waals surface area contributed by atoms with E-state index < -0.39 is 0 Å². The first-order valence-electron chi connectivity index (χ1n) is 10.7. The molecule has 0 aliphatic carbocycles. The third-order valence-electron chi connectivity index (χ3n) is 5.89. The van der Waals surface area contributed by atoms with E-state index in [0.717, 1.165) is 35.7 Å². The predicted octanol–water partition coefficient (Wildman–Crippen LogP) is 5.77. The number of carbonyl (C=O) groups excluding carboxylic acids is 1. The number of rotatable bonds is 4. The van der Waals surface area contributed by atoms with E-state index in [2.05, 4.69) is 68.8 Å². The molecule has 1 amide bonds. The minimum atomic E-state index is -0.256. The molecule has 0 radical (unpaired) electrons. The minimum Gasteiger partial charge on any atom is -0.335 e. The predicted molar refractivity (Wildman–Crippen MR) is 125 cm³/mol. The second-order valence-corrected chi connectivity index (χ2v) is 10.6. The molecular weight excluding hydrogens is 390 g/mol. The van der Waals surface area contributed by atoms with Gasteiger partial charge in [-0.25, -0.2) is 4.98 Å². The summed E-state index contributed by atoms with van der Waals surface area (Å²) >= 11 is 1.67. The number of aromatic nitrogens is 2. The molecule has 0 fully saturated rings. The molecule has 1 aromatic carbocycles. The van der Waals surface area contributed by atoms with Gasteiger partial charge in [-0.2, -0.15) is 0 Å². The van der Waals surface area contributed by atoms with Crippen LogP contribution in [0.2, 0.25) is 0 Å². The van der Waals surface area contributed by atoms with Crippen LogP contribution in [0, 0.1) is 5.92 Å². The summed E-state index contributed by atoms with van der Waals surface area (Å²) < 4.78 is 2.25. The molecule has 0 atom stereocenters. The van der Waals surface area contributed by atoms with Crippen LogP contribution in [0.3, 0.4) is 0 Å². The average molecular weight is 422 g/mol. The topological polar surface area (TPSA) is 38.1 Å². The molecule has 1 aliphatic rings. The molecule has 0 spiro atoms. The summed E-state index contributed by atoms with van der Waals surface area (Å²) in [6.07, 6.45) is 2.81. The summed E-state index contributed by atoms with van der Waals surface area (Å²) in [6, 6.07) is 11.0. The summed E-state index contributed by atoms with van der Waals surface area (Å²) in [7, 11) is 1.87. The summed E-state index contributed by atoms with van der Waals surface area (Å²) in [5.41, 5.74) is 5.22. The normalized spacial score (nSPS) is 13.3. The molecule has 5 heteroatoms. The van der Waals surface area contributed by atoms with Gasteiger partial charge in [-0.1, -0.05) is 32.0 Å². The lowest BCUT2D eigenvalue weighted by Crippen LogP contribution is -2.43. The van der Waals surface area contributed by atoms with Crippen molar-refractivity contribution in [3.8, 4) is 16.4 Å². The van der Waals surface area contributed by atoms with Crippen molar-refractivity contribution in [3.63, 3.8) is 0 Å². The lowest BCUT2D eigenvalue weighted by molar-refractivity contribution is 0.0649. The van der Waals surface area contributed by atoms with Crippen molar-refractivity contribution in [2.24, 2.45) is 5.92 Å². The highest BCUT2D eigenvalue weighted by Gasteiger charge is 2.32. The standard InChI is InChI=1S/C25H31N3OS/c1-16(2)14-17-9-10-18-11-12-19-22(24(29)27(6)25(3,4)5)26-23(21-8-7-13-30-21)28(19)20(18)15-17/h7-10,13,15-16H,11-12,14H2,1-6H3. The Balaban J connectivity index is 1.91. The first-order valence-corrected chi connectivity index (χ1v) is 11.6. The van der Waals surface area contributed by atoms with Crippen LogP contribution in [0.1, 0.15) is 61.9 Å². The Hall–Kier alpha value is -2.40. The first-order chi connectivity index (χ1) is 14.2. The van der Waals surface area contributed by atoms with Crippen LogP contribution in [0.4, 0.5) is 0 Å². The zero-order valence-electron chi connectivity index (χ0n) is 18.8. The Bertz CT molecular complexity index is 1070. The number of nitrogens with zero attached hydrogens (tertiary/aromatic N) is 3. The third kappa shape index (κ3) is 3.71. The van der Waals surface area contributed by atoms with Crippen LogP contribution in [0.25, 0.3) is 16.4 Å². The maximum Gasteiger partial charge on any atom is 0.274 e. The number of aryl methyl sites for hydroxylation is 1. The summed E-state index contributed by atoms with van der Waals surface area (Å²) in [5, 5.41) is 2.07. The van der Waals surface area contributed by atoms with Crippen molar-refractivity contribution < 1.29 is 4.79 Å². The Labute approximate surface area is 183 Å². The fourth-order valence-electron chi connectivity index (χ4n) is 4.03. The van der Waals surface area contributed by atoms with E-state index in [-0.39, 0.29) is 11.4 Å². The Morgan fingerprint density at radius 1 is 1.23 bits per heavy atom. The Morgan fingerprint density at radius 2 is 2.00 bits per heavy atom. The van der Waals surface area contributed by atoms with E-state index in [0.29, 0.717) is 11.6 Å². The molecule has 0 saturated carbocycles. The number of amides is 1. The maximum absolute atomic E-state index is 13.4. The van der Waals surface area contributed by atoms with Crippen LogP contribution >= 0.6 is 11.3 Å². The fourth-order valence-corrected chi connectivity index (χ4v) is 4.73. The third-order valence-corrected chi connectivity index (χ3v) is 6.76. The molecule has 3 aromatic rings. The first kappa shape index (κ1) is 20.9. The number of fused-ring (bicyclic) bond motifs is 3. The van der Waals surface area contributed by atoms with Crippen molar-refractivity contribution in [1.29, 1.82) is 0 Å². The fraction of sp³-hybridized carbons (Fsp3) is 0.440. The van der Waals surface area contributed by atoms with Gasteiger partial charge in [0, 0.05) is 12.6 Å². The lowest BCUT2D eigenvalue weighted by Gasteiger charge is -2.32. The van der Waals surface area contributed by atoms with Crippen molar-refractivity contribution in [2.45, 2.75) is 59.4 Å². The molecule has 158 valence electrons. The number of benzene rings is 1. The van der Waals surface area contributed by atoms with Crippen LogP contribution in [-0.2, 0) is 19.3 Å². The maximum atomic E-state index is 13.4. The largest absolute Gasteiger partial charge is 0.335 e. The molecule has 4 rings (SSSR count). The number of hydrogen-bond acceptors (Lipinski definition) is 3. The molecule has 30 heavy (non-hydrogen) atoms. The second kappa shape index (κ2) is 7.69. The van der Waals surface area contributed by atoms with Gasteiger partial charge >= 0.3 is 0 Å². The van der Waals surface area contributed by atoms with Gasteiger partial charge in [-0.3, -0.25) is 9.36 Å². The number of thiophene rings is 1. The van der Waals surface area contributed by atoms with Gasteiger partial charge in [0.2, 0.25) is 0 Å². The van der Waals surface area contributed by atoms with Crippen LogP contribution < -0.4 is 0 Å². The second-order valence-electron chi connectivity index (χ2n) is 9.64. The van der Waals surface area contributed by atoms with E-state index in [9.17, 15) is 4.79 Å². The molecule has 3 heterocycles. The van der Waals surface area contributed by atoms with E-state index in [1.807, 2.05) is 13.1 Å². The van der Waals surface area contributed by atoms with Crippen LogP contribution in [-0.4, -0.2) is 32.9 Å². The van der Waals surface area contributed by atoms with E-state index >= 15 is 0 Å².